The number of hydrogen-bond donors (Lipinski definition) is 1. The van der Waals surface area contributed by atoms with Crippen LogP contribution in [0.5, 0.6) is 0 Å². The van der Waals surface area contributed by atoms with Gasteiger partial charge in [0.25, 0.3) is 0 Å². The van der Waals surface area contributed by atoms with Crippen LogP contribution in [-0.2, 0) is 11.2 Å². The minimum atomic E-state index is -0.644. The Kier molecular flexibility index (Phi) is 2.51. The number of halogens is 1. The van der Waals surface area contributed by atoms with Crippen molar-refractivity contribution in [3.05, 3.63) is 28.5 Å². The third-order valence-corrected chi connectivity index (χ3v) is 4.61. The van der Waals surface area contributed by atoms with Gasteiger partial charge in [-0.3, -0.25) is 9.78 Å². The smallest absolute Gasteiger partial charge is 0.310 e. The van der Waals surface area contributed by atoms with E-state index < -0.39 is 11.4 Å². The van der Waals surface area contributed by atoms with Gasteiger partial charge in [-0.2, -0.15) is 0 Å². The van der Waals surface area contributed by atoms with Crippen LogP contribution in [0.3, 0.4) is 0 Å². The Morgan fingerprint density at radius 3 is 2.71 bits per heavy atom. The summed E-state index contributed by atoms with van der Waals surface area (Å²) in [5, 5.41) is 9.48. The van der Waals surface area contributed by atoms with Crippen LogP contribution in [0.1, 0.15) is 25.0 Å². The summed E-state index contributed by atoms with van der Waals surface area (Å²) in [6.45, 7) is 0. The van der Waals surface area contributed by atoms with E-state index in [-0.39, 0.29) is 0 Å². The molecule has 2 unspecified atom stereocenters. The molecule has 0 spiro atoms. The first-order valence-electron chi connectivity index (χ1n) is 5.93. The summed E-state index contributed by atoms with van der Waals surface area (Å²) in [6, 6.07) is 3.84. The van der Waals surface area contributed by atoms with Gasteiger partial charge in [-0.25, -0.2) is 0 Å². The van der Waals surface area contributed by atoms with Crippen molar-refractivity contribution in [2.75, 3.05) is 0 Å². The molecule has 3 nitrogen and oxygen atoms in total. The molecule has 1 heterocycles. The number of pyridine rings is 1. The van der Waals surface area contributed by atoms with Crippen LogP contribution in [0, 0.1) is 17.3 Å². The lowest BCUT2D eigenvalue weighted by molar-refractivity contribution is -0.149. The molecule has 2 atom stereocenters. The van der Waals surface area contributed by atoms with E-state index in [1.807, 2.05) is 12.1 Å². The van der Waals surface area contributed by atoms with Crippen LogP contribution in [-0.4, -0.2) is 16.1 Å². The summed E-state index contributed by atoms with van der Waals surface area (Å²) >= 11 is 3.34. The second-order valence-corrected chi connectivity index (χ2v) is 6.31. The Bertz CT molecular complexity index is 447. The fourth-order valence-electron chi connectivity index (χ4n) is 3.15. The highest BCUT2D eigenvalue weighted by molar-refractivity contribution is 9.10. The molecule has 1 aromatic heterocycles. The SMILES string of the molecule is O=C(O)C1(Cc2ccc(Br)cn2)CC2CC2C1. The molecular formula is C13H14BrNO2. The number of carbonyl (C=O) groups is 1. The summed E-state index contributed by atoms with van der Waals surface area (Å²) in [5.41, 5.74) is 0.339. The molecule has 4 heteroatoms. The molecule has 2 aliphatic rings. The molecule has 1 aromatic rings. The first kappa shape index (κ1) is 11.2. The fraction of sp³-hybridized carbons (Fsp3) is 0.538. The van der Waals surface area contributed by atoms with E-state index in [1.165, 1.54) is 6.42 Å². The second kappa shape index (κ2) is 3.80. The van der Waals surface area contributed by atoms with Crippen molar-refractivity contribution in [2.45, 2.75) is 25.7 Å². The van der Waals surface area contributed by atoms with Crippen LogP contribution in [0.2, 0.25) is 0 Å². The van der Waals surface area contributed by atoms with Crippen LogP contribution >= 0.6 is 15.9 Å². The molecule has 0 aliphatic heterocycles. The largest absolute Gasteiger partial charge is 0.481 e. The predicted octanol–water partition coefficient (Wildman–Crippen LogP) is 2.89. The molecule has 0 radical (unpaired) electrons. The Morgan fingerprint density at radius 1 is 1.47 bits per heavy atom. The van der Waals surface area contributed by atoms with Crippen molar-refractivity contribution in [3.63, 3.8) is 0 Å². The van der Waals surface area contributed by atoms with Crippen LogP contribution < -0.4 is 0 Å². The number of nitrogens with zero attached hydrogens (tertiary/aromatic N) is 1. The van der Waals surface area contributed by atoms with Crippen molar-refractivity contribution in [3.8, 4) is 0 Å². The molecule has 2 saturated carbocycles. The van der Waals surface area contributed by atoms with Gasteiger partial charge in [-0.1, -0.05) is 0 Å². The Morgan fingerprint density at radius 2 is 2.18 bits per heavy atom. The number of carboxylic acids is 1. The third kappa shape index (κ3) is 1.99. The third-order valence-electron chi connectivity index (χ3n) is 4.14. The molecule has 2 fully saturated rings. The van der Waals surface area contributed by atoms with Crippen LogP contribution in [0.4, 0.5) is 0 Å². The zero-order chi connectivity index (χ0) is 12.0. The highest BCUT2D eigenvalue weighted by atomic mass is 79.9. The van der Waals surface area contributed by atoms with Crippen molar-refractivity contribution in [1.29, 1.82) is 0 Å². The van der Waals surface area contributed by atoms with Gasteiger partial charge < -0.3 is 5.11 Å². The van der Waals surface area contributed by atoms with Gasteiger partial charge in [-0.15, -0.1) is 0 Å². The van der Waals surface area contributed by atoms with Crippen LogP contribution in [0.25, 0.3) is 0 Å². The number of carboxylic acid groups (broad SMARTS) is 1. The highest BCUT2D eigenvalue weighted by Crippen LogP contribution is 2.60. The zero-order valence-electron chi connectivity index (χ0n) is 9.40. The molecule has 0 saturated heterocycles. The number of aliphatic carboxylic acids is 1. The molecular weight excluding hydrogens is 282 g/mol. The standard InChI is InChI=1S/C13H14BrNO2/c14-10-1-2-11(15-7-10)6-13(12(16)17)4-8-3-9(8)5-13/h1-2,7-9H,3-6H2,(H,16,17). The van der Waals surface area contributed by atoms with Gasteiger partial charge in [0.2, 0.25) is 0 Å². The molecule has 2 aliphatic carbocycles. The second-order valence-electron chi connectivity index (χ2n) is 5.39. The summed E-state index contributed by atoms with van der Waals surface area (Å²) < 4.78 is 0.930. The summed E-state index contributed by atoms with van der Waals surface area (Å²) in [4.78, 5) is 15.8. The fourth-order valence-corrected chi connectivity index (χ4v) is 3.38. The Hall–Kier alpha value is -0.900. The van der Waals surface area contributed by atoms with Crippen molar-refractivity contribution in [1.82, 2.24) is 4.98 Å². The lowest BCUT2D eigenvalue weighted by atomic mass is 9.79. The maximum atomic E-state index is 11.5. The number of hydrogen-bond acceptors (Lipinski definition) is 2. The molecule has 0 amide bonds. The summed E-state index contributed by atoms with van der Waals surface area (Å²) in [5.74, 6) is 0.692. The van der Waals surface area contributed by atoms with Crippen molar-refractivity contribution >= 4 is 21.9 Å². The minimum absolute atomic E-state index is 0.547. The van der Waals surface area contributed by atoms with Gasteiger partial charge in [0, 0.05) is 22.8 Å². The molecule has 3 rings (SSSR count). The summed E-state index contributed by atoms with van der Waals surface area (Å²) in [7, 11) is 0. The maximum Gasteiger partial charge on any atom is 0.310 e. The highest BCUT2D eigenvalue weighted by Gasteiger charge is 2.57. The summed E-state index contributed by atoms with van der Waals surface area (Å²) in [6.07, 6.45) is 5.22. The first-order chi connectivity index (χ1) is 8.09. The average Bonchev–Trinajstić information content (AvgIpc) is 2.90. The van der Waals surface area contributed by atoms with Gasteiger partial charge in [-0.05, 0) is 59.2 Å². The van der Waals surface area contributed by atoms with E-state index in [9.17, 15) is 9.90 Å². The normalized spacial score (nSPS) is 34.4. The van der Waals surface area contributed by atoms with Crippen LogP contribution in [0.15, 0.2) is 22.8 Å². The first-order valence-corrected chi connectivity index (χ1v) is 6.72. The van der Waals surface area contributed by atoms with E-state index in [0.29, 0.717) is 18.3 Å². The van der Waals surface area contributed by atoms with Gasteiger partial charge >= 0.3 is 5.97 Å². The molecule has 0 bridgehead atoms. The maximum absolute atomic E-state index is 11.5. The van der Waals surface area contributed by atoms with Crippen molar-refractivity contribution < 1.29 is 9.90 Å². The van der Waals surface area contributed by atoms with Gasteiger partial charge in [0.15, 0.2) is 0 Å². The van der Waals surface area contributed by atoms with Crippen molar-refractivity contribution in [2.24, 2.45) is 17.3 Å². The van der Waals surface area contributed by atoms with E-state index in [1.54, 1.807) is 6.20 Å². The average molecular weight is 296 g/mol. The quantitative estimate of drug-likeness (QED) is 0.933. The Labute approximate surface area is 108 Å². The van der Waals surface area contributed by atoms with E-state index >= 15 is 0 Å². The van der Waals surface area contributed by atoms with E-state index in [0.717, 1.165) is 23.0 Å². The lowest BCUT2D eigenvalue weighted by Crippen LogP contribution is -2.32. The number of rotatable bonds is 3. The lowest BCUT2D eigenvalue weighted by Gasteiger charge is -2.25. The predicted molar refractivity (Wildman–Crippen MR) is 66.5 cm³/mol. The molecule has 90 valence electrons. The van der Waals surface area contributed by atoms with E-state index in [2.05, 4.69) is 20.9 Å². The number of fused-ring (bicyclic) bond motifs is 1. The molecule has 0 aromatic carbocycles. The van der Waals surface area contributed by atoms with E-state index in [4.69, 9.17) is 0 Å². The number of aromatic nitrogens is 1. The van der Waals surface area contributed by atoms with Gasteiger partial charge in [0.1, 0.15) is 0 Å². The Balaban J connectivity index is 1.81. The minimum Gasteiger partial charge on any atom is -0.481 e. The van der Waals surface area contributed by atoms with Gasteiger partial charge in [0.05, 0.1) is 5.41 Å². The topological polar surface area (TPSA) is 50.2 Å². The zero-order valence-corrected chi connectivity index (χ0v) is 11.0. The monoisotopic (exact) mass is 295 g/mol. The molecule has 17 heavy (non-hydrogen) atoms. The molecule has 1 N–H and O–H groups in total.